The zero-order chi connectivity index (χ0) is 17.0. The number of rotatable bonds is 6. The summed E-state index contributed by atoms with van der Waals surface area (Å²) in [6.07, 6.45) is 0.497. The molecule has 0 aliphatic rings. The monoisotopic (exact) mass is 335 g/mol. The third kappa shape index (κ3) is 4.49. The van der Waals surface area contributed by atoms with Gasteiger partial charge in [-0.25, -0.2) is 4.98 Å². The van der Waals surface area contributed by atoms with E-state index in [-0.39, 0.29) is 24.4 Å². The Hall–Kier alpha value is -1.99. The predicted octanol–water partition coefficient (Wildman–Crippen LogP) is 1.40. The van der Waals surface area contributed by atoms with Crippen LogP contribution in [0.4, 0.5) is 0 Å². The zero-order valence-corrected chi connectivity index (χ0v) is 14.3. The van der Waals surface area contributed by atoms with Gasteiger partial charge in [-0.3, -0.25) is 9.59 Å². The van der Waals surface area contributed by atoms with Gasteiger partial charge in [-0.1, -0.05) is 6.07 Å². The maximum atomic E-state index is 12.0. The summed E-state index contributed by atoms with van der Waals surface area (Å²) in [4.78, 5) is 31.5. The van der Waals surface area contributed by atoms with Crippen molar-refractivity contribution in [3.8, 4) is 0 Å². The van der Waals surface area contributed by atoms with Crippen LogP contribution in [0.15, 0.2) is 22.3 Å². The molecule has 2 heterocycles. The van der Waals surface area contributed by atoms with E-state index < -0.39 is 5.60 Å². The molecule has 1 atom stereocenters. The largest absolute Gasteiger partial charge is 0.383 e. The molecule has 0 spiro atoms. The zero-order valence-electron chi connectivity index (χ0n) is 13.5. The van der Waals surface area contributed by atoms with Crippen molar-refractivity contribution in [2.45, 2.75) is 39.2 Å². The number of nitrogens with one attached hydrogen (secondary N) is 2. The van der Waals surface area contributed by atoms with E-state index in [1.807, 2.05) is 17.5 Å². The number of thiophene rings is 1. The SMILES string of the molecule is Cc1nc(C)c(CCC(=O)NCC(C)(O)c2cccs2)c(=O)[nH]1. The van der Waals surface area contributed by atoms with Gasteiger partial charge in [0.1, 0.15) is 11.4 Å². The van der Waals surface area contributed by atoms with Gasteiger partial charge in [0.25, 0.3) is 5.56 Å². The summed E-state index contributed by atoms with van der Waals surface area (Å²) in [5.41, 5.74) is -0.128. The number of hydrogen-bond donors (Lipinski definition) is 3. The number of carbonyl (C=O) groups excluding carboxylic acids is 1. The summed E-state index contributed by atoms with van der Waals surface area (Å²) in [5, 5.41) is 15.0. The van der Waals surface area contributed by atoms with Crippen molar-refractivity contribution in [2.24, 2.45) is 0 Å². The molecule has 0 fully saturated rings. The number of aryl methyl sites for hydroxylation is 2. The van der Waals surface area contributed by atoms with Crippen LogP contribution in [0.1, 0.15) is 35.3 Å². The van der Waals surface area contributed by atoms with E-state index >= 15 is 0 Å². The number of nitrogens with zero attached hydrogens (tertiary/aromatic N) is 1. The Morgan fingerprint density at radius 1 is 1.48 bits per heavy atom. The van der Waals surface area contributed by atoms with Crippen molar-refractivity contribution in [2.75, 3.05) is 6.54 Å². The van der Waals surface area contributed by atoms with Crippen LogP contribution < -0.4 is 10.9 Å². The fourth-order valence-corrected chi connectivity index (χ4v) is 3.10. The first-order chi connectivity index (χ1) is 10.8. The van der Waals surface area contributed by atoms with Crippen LogP contribution in [-0.4, -0.2) is 27.5 Å². The van der Waals surface area contributed by atoms with Crippen LogP contribution in [0.3, 0.4) is 0 Å². The molecule has 2 rings (SSSR count). The summed E-state index contributed by atoms with van der Waals surface area (Å²) in [6, 6.07) is 3.69. The Labute approximate surface area is 138 Å². The van der Waals surface area contributed by atoms with Gasteiger partial charge in [0.2, 0.25) is 5.91 Å². The Morgan fingerprint density at radius 3 is 2.83 bits per heavy atom. The molecule has 0 aromatic carbocycles. The Balaban J connectivity index is 1.90. The molecular weight excluding hydrogens is 314 g/mol. The highest BCUT2D eigenvalue weighted by atomic mass is 32.1. The van der Waals surface area contributed by atoms with Gasteiger partial charge in [-0.05, 0) is 38.6 Å². The summed E-state index contributed by atoms with van der Waals surface area (Å²) >= 11 is 1.44. The minimum Gasteiger partial charge on any atom is -0.383 e. The molecule has 2 aromatic heterocycles. The Morgan fingerprint density at radius 2 is 2.22 bits per heavy atom. The van der Waals surface area contributed by atoms with E-state index in [1.165, 1.54) is 11.3 Å². The van der Waals surface area contributed by atoms with E-state index in [0.717, 1.165) is 4.88 Å². The Bertz CT molecular complexity index is 736. The second-order valence-electron chi connectivity index (χ2n) is 5.74. The lowest BCUT2D eigenvalue weighted by Crippen LogP contribution is -2.38. The molecule has 1 unspecified atom stereocenters. The van der Waals surface area contributed by atoms with Crippen molar-refractivity contribution in [3.05, 3.63) is 49.8 Å². The molecule has 0 aliphatic carbocycles. The van der Waals surface area contributed by atoms with E-state index in [1.54, 1.807) is 20.8 Å². The van der Waals surface area contributed by atoms with E-state index in [4.69, 9.17) is 0 Å². The number of aromatic amines is 1. The van der Waals surface area contributed by atoms with Crippen LogP contribution >= 0.6 is 11.3 Å². The summed E-state index contributed by atoms with van der Waals surface area (Å²) < 4.78 is 0. The van der Waals surface area contributed by atoms with Crippen LogP contribution in [0.2, 0.25) is 0 Å². The molecule has 1 amide bonds. The highest BCUT2D eigenvalue weighted by Crippen LogP contribution is 2.24. The van der Waals surface area contributed by atoms with Gasteiger partial charge in [-0.2, -0.15) is 0 Å². The summed E-state index contributed by atoms with van der Waals surface area (Å²) in [6.45, 7) is 5.28. The topological polar surface area (TPSA) is 95.1 Å². The third-order valence-electron chi connectivity index (χ3n) is 3.62. The van der Waals surface area contributed by atoms with E-state index in [9.17, 15) is 14.7 Å². The molecule has 23 heavy (non-hydrogen) atoms. The van der Waals surface area contributed by atoms with Crippen LogP contribution in [-0.2, 0) is 16.8 Å². The lowest BCUT2D eigenvalue weighted by atomic mass is 10.0. The maximum Gasteiger partial charge on any atom is 0.254 e. The highest BCUT2D eigenvalue weighted by Gasteiger charge is 2.24. The molecule has 6 nitrogen and oxygen atoms in total. The lowest BCUT2D eigenvalue weighted by Gasteiger charge is -2.22. The molecule has 0 saturated carbocycles. The van der Waals surface area contributed by atoms with E-state index in [0.29, 0.717) is 23.5 Å². The fraction of sp³-hybridized carbons (Fsp3) is 0.438. The summed E-state index contributed by atoms with van der Waals surface area (Å²) in [7, 11) is 0. The van der Waals surface area contributed by atoms with Gasteiger partial charge < -0.3 is 15.4 Å². The molecule has 0 bridgehead atoms. The smallest absolute Gasteiger partial charge is 0.254 e. The van der Waals surface area contributed by atoms with Crippen molar-refractivity contribution in [1.82, 2.24) is 15.3 Å². The minimum atomic E-state index is -1.09. The van der Waals surface area contributed by atoms with Crippen LogP contribution in [0, 0.1) is 13.8 Å². The molecule has 7 heteroatoms. The van der Waals surface area contributed by atoms with Gasteiger partial charge in [0.05, 0.1) is 6.54 Å². The second-order valence-corrected chi connectivity index (χ2v) is 6.69. The highest BCUT2D eigenvalue weighted by molar-refractivity contribution is 7.10. The Kier molecular flexibility index (Phi) is 5.33. The number of carbonyl (C=O) groups is 1. The van der Waals surface area contributed by atoms with Gasteiger partial charge in [0.15, 0.2) is 0 Å². The predicted molar refractivity (Wildman–Crippen MR) is 89.6 cm³/mol. The molecule has 0 radical (unpaired) electrons. The van der Waals surface area contributed by atoms with Gasteiger partial charge in [0, 0.05) is 22.6 Å². The van der Waals surface area contributed by atoms with Crippen molar-refractivity contribution < 1.29 is 9.90 Å². The van der Waals surface area contributed by atoms with Crippen molar-refractivity contribution in [3.63, 3.8) is 0 Å². The quantitative estimate of drug-likeness (QED) is 0.744. The normalized spacial score (nSPS) is 13.6. The average Bonchev–Trinajstić information content (AvgIpc) is 2.99. The standard InChI is InChI=1S/C16H21N3O3S/c1-10-12(15(21)19-11(2)18-10)6-7-14(20)17-9-16(3,22)13-5-4-8-23-13/h4-5,8,22H,6-7,9H2,1-3H3,(H,17,20)(H,18,19,21). The lowest BCUT2D eigenvalue weighted by molar-refractivity contribution is -0.122. The molecule has 2 aromatic rings. The number of H-pyrrole nitrogens is 1. The van der Waals surface area contributed by atoms with Gasteiger partial charge in [-0.15, -0.1) is 11.3 Å². The molecule has 0 saturated heterocycles. The molecular formula is C16H21N3O3S. The number of aliphatic hydroxyl groups is 1. The van der Waals surface area contributed by atoms with Crippen molar-refractivity contribution >= 4 is 17.2 Å². The van der Waals surface area contributed by atoms with Crippen LogP contribution in [0.5, 0.6) is 0 Å². The maximum absolute atomic E-state index is 12.0. The van der Waals surface area contributed by atoms with Gasteiger partial charge >= 0.3 is 0 Å². The molecule has 3 N–H and O–H groups in total. The molecule has 124 valence electrons. The van der Waals surface area contributed by atoms with E-state index in [2.05, 4.69) is 15.3 Å². The third-order valence-corrected chi connectivity index (χ3v) is 4.75. The first kappa shape index (κ1) is 17.4. The number of aromatic nitrogens is 2. The molecule has 0 aliphatic heterocycles. The number of hydrogen-bond acceptors (Lipinski definition) is 5. The fourth-order valence-electron chi connectivity index (χ4n) is 2.32. The number of amides is 1. The van der Waals surface area contributed by atoms with Crippen LogP contribution in [0.25, 0.3) is 0 Å². The average molecular weight is 335 g/mol. The summed E-state index contributed by atoms with van der Waals surface area (Å²) in [5.74, 6) is 0.355. The first-order valence-electron chi connectivity index (χ1n) is 7.39. The first-order valence-corrected chi connectivity index (χ1v) is 8.27. The van der Waals surface area contributed by atoms with Crippen molar-refractivity contribution in [1.29, 1.82) is 0 Å². The minimum absolute atomic E-state index is 0.133. The second kappa shape index (κ2) is 7.06.